The molecule has 9 heteroatoms. The van der Waals surface area contributed by atoms with Crippen LogP contribution in [0.3, 0.4) is 0 Å². The van der Waals surface area contributed by atoms with Crippen LogP contribution in [0.5, 0.6) is 0 Å². The highest BCUT2D eigenvalue weighted by atomic mass is 35.5. The molecule has 0 bridgehead atoms. The number of carbonyl (C=O) groups is 2. The molecule has 3 heterocycles. The average Bonchev–Trinajstić information content (AvgIpc) is 3.31. The molecule has 7 nitrogen and oxygen atoms in total. The number of imidazole rings is 1. The van der Waals surface area contributed by atoms with Gasteiger partial charge in [0.2, 0.25) is 5.91 Å². The lowest BCUT2D eigenvalue weighted by molar-refractivity contribution is -0.126. The number of piperidine rings is 1. The van der Waals surface area contributed by atoms with Gasteiger partial charge in [0.15, 0.2) is 5.69 Å². The Kier molecular flexibility index (Phi) is 6.83. The molecule has 2 aliphatic rings. The quantitative estimate of drug-likeness (QED) is 0.576. The first-order valence-corrected chi connectivity index (χ1v) is 12.1. The average molecular weight is 497 g/mol. The Labute approximate surface area is 207 Å². The minimum Gasteiger partial charge on any atom is -0.365 e. The molecule has 0 spiro atoms. The van der Waals surface area contributed by atoms with Crippen LogP contribution in [0, 0.1) is 11.7 Å². The van der Waals surface area contributed by atoms with Gasteiger partial charge in [-0.05, 0) is 42.2 Å². The third-order valence-corrected chi connectivity index (χ3v) is 7.11. The van der Waals surface area contributed by atoms with Gasteiger partial charge in [0.25, 0.3) is 5.91 Å². The first-order chi connectivity index (χ1) is 17.0. The summed E-state index contributed by atoms with van der Waals surface area (Å²) in [6.45, 7) is 2.14. The number of amides is 2. The van der Waals surface area contributed by atoms with Gasteiger partial charge in [-0.3, -0.25) is 9.59 Å². The lowest BCUT2D eigenvalue weighted by Gasteiger charge is -2.31. The smallest absolute Gasteiger partial charge is 0.274 e. The molecule has 182 valence electrons. The Morgan fingerprint density at radius 3 is 2.60 bits per heavy atom. The van der Waals surface area contributed by atoms with Crippen LogP contribution < -0.4 is 5.32 Å². The Morgan fingerprint density at radius 2 is 1.86 bits per heavy atom. The van der Waals surface area contributed by atoms with E-state index in [1.165, 1.54) is 12.1 Å². The molecular formula is C26H26ClFN4O3. The van der Waals surface area contributed by atoms with Gasteiger partial charge < -0.3 is 19.5 Å². The molecule has 35 heavy (non-hydrogen) atoms. The topological polar surface area (TPSA) is 76.5 Å². The van der Waals surface area contributed by atoms with Crippen LogP contribution in [0.15, 0.2) is 54.9 Å². The van der Waals surface area contributed by atoms with Crippen molar-refractivity contribution in [3.05, 3.63) is 88.2 Å². The van der Waals surface area contributed by atoms with Crippen molar-refractivity contribution < 1.29 is 18.7 Å². The molecule has 0 radical (unpaired) electrons. The van der Waals surface area contributed by atoms with Crippen molar-refractivity contribution in [2.45, 2.75) is 38.6 Å². The van der Waals surface area contributed by atoms with Crippen LogP contribution in [-0.2, 0) is 29.2 Å². The van der Waals surface area contributed by atoms with E-state index in [-0.39, 0.29) is 36.3 Å². The maximum atomic E-state index is 13.2. The fraction of sp³-hybridized carbons (Fsp3) is 0.346. The fourth-order valence-electron chi connectivity index (χ4n) is 4.65. The van der Waals surface area contributed by atoms with Crippen molar-refractivity contribution in [1.29, 1.82) is 0 Å². The fourth-order valence-corrected chi connectivity index (χ4v) is 4.85. The highest BCUT2D eigenvalue weighted by molar-refractivity contribution is 6.31. The molecule has 1 N–H and O–H groups in total. The highest BCUT2D eigenvalue weighted by Gasteiger charge is 2.32. The van der Waals surface area contributed by atoms with E-state index in [0.29, 0.717) is 49.7 Å². The van der Waals surface area contributed by atoms with Gasteiger partial charge in [-0.25, -0.2) is 9.37 Å². The molecule has 1 aromatic heterocycles. The van der Waals surface area contributed by atoms with Crippen molar-refractivity contribution in [2.24, 2.45) is 5.92 Å². The SMILES string of the molecule is O=C(NCc1ccccc1Cl)C1CCN(C(=O)c2ncn3c2CO[C@@H](c2ccc(F)cc2)C3)CC1. The molecule has 0 aliphatic carbocycles. The van der Waals surface area contributed by atoms with Crippen LogP contribution in [0.1, 0.15) is 46.3 Å². The van der Waals surface area contributed by atoms with Crippen molar-refractivity contribution in [1.82, 2.24) is 19.8 Å². The van der Waals surface area contributed by atoms with Crippen molar-refractivity contribution in [2.75, 3.05) is 13.1 Å². The zero-order chi connectivity index (χ0) is 24.4. The molecule has 2 aromatic carbocycles. The van der Waals surface area contributed by atoms with E-state index in [9.17, 15) is 14.0 Å². The number of benzene rings is 2. The maximum absolute atomic E-state index is 13.2. The number of aromatic nitrogens is 2. The number of carbonyl (C=O) groups excluding carboxylic acids is 2. The summed E-state index contributed by atoms with van der Waals surface area (Å²) in [6.07, 6.45) is 2.63. The zero-order valence-electron chi connectivity index (χ0n) is 19.1. The first kappa shape index (κ1) is 23.5. The number of fused-ring (bicyclic) bond motifs is 1. The summed E-state index contributed by atoms with van der Waals surface area (Å²) in [7, 11) is 0. The van der Waals surface area contributed by atoms with Crippen LogP contribution in [0.2, 0.25) is 5.02 Å². The molecule has 3 aromatic rings. The second kappa shape index (κ2) is 10.2. The van der Waals surface area contributed by atoms with Crippen LogP contribution in [0.4, 0.5) is 4.39 Å². The molecule has 2 aliphatic heterocycles. The summed E-state index contributed by atoms with van der Waals surface area (Å²) in [6, 6.07) is 13.7. The molecule has 5 rings (SSSR count). The van der Waals surface area contributed by atoms with Gasteiger partial charge in [-0.15, -0.1) is 0 Å². The molecule has 1 atom stereocenters. The minimum atomic E-state index is -0.289. The lowest BCUT2D eigenvalue weighted by atomic mass is 9.95. The first-order valence-electron chi connectivity index (χ1n) is 11.7. The van der Waals surface area contributed by atoms with E-state index in [2.05, 4.69) is 10.3 Å². The van der Waals surface area contributed by atoms with Gasteiger partial charge in [0.05, 0.1) is 25.2 Å². The largest absolute Gasteiger partial charge is 0.365 e. The third kappa shape index (κ3) is 5.09. The predicted molar refractivity (Wildman–Crippen MR) is 128 cm³/mol. The van der Waals surface area contributed by atoms with E-state index < -0.39 is 0 Å². The second-order valence-electron chi connectivity index (χ2n) is 8.92. The van der Waals surface area contributed by atoms with E-state index in [0.717, 1.165) is 16.8 Å². The Hall–Kier alpha value is -3.23. The number of ether oxygens (including phenoxy) is 1. The number of halogens is 2. The number of rotatable bonds is 5. The van der Waals surface area contributed by atoms with Crippen molar-refractivity contribution in [3.8, 4) is 0 Å². The Balaban J connectivity index is 1.16. The number of likely N-dealkylation sites (tertiary alicyclic amines) is 1. The summed E-state index contributed by atoms with van der Waals surface area (Å²) in [4.78, 5) is 32.0. The summed E-state index contributed by atoms with van der Waals surface area (Å²) >= 11 is 6.17. The van der Waals surface area contributed by atoms with Crippen LogP contribution in [-0.4, -0.2) is 39.4 Å². The van der Waals surface area contributed by atoms with Gasteiger partial charge in [0, 0.05) is 30.6 Å². The number of hydrogen-bond donors (Lipinski definition) is 1. The summed E-state index contributed by atoms with van der Waals surface area (Å²) in [5.41, 5.74) is 2.90. The molecule has 0 saturated carbocycles. The predicted octanol–water partition coefficient (Wildman–Crippen LogP) is 4.12. The maximum Gasteiger partial charge on any atom is 0.274 e. The number of hydrogen-bond acceptors (Lipinski definition) is 4. The van der Waals surface area contributed by atoms with Crippen molar-refractivity contribution >= 4 is 23.4 Å². The molecule has 1 saturated heterocycles. The van der Waals surface area contributed by atoms with E-state index in [1.807, 2.05) is 22.8 Å². The van der Waals surface area contributed by atoms with Crippen molar-refractivity contribution in [3.63, 3.8) is 0 Å². The van der Waals surface area contributed by atoms with Gasteiger partial charge in [-0.1, -0.05) is 41.9 Å². The van der Waals surface area contributed by atoms with E-state index >= 15 is 0 Å². The summed E-state index contributed by atoms with van der Waals surface area (Å²) < 4.78 is 21.1. The van der Waals surface area contributed by atoms with E-state index in [4.69, 9.17) is 16.3 Å². The molecule has 0 unspecified atom stereocenters. The second-order valence-corrected chi connectivity index (χ2v) is 9.33. The van der Waals surface area contributed by atoms with Crippen LogP contribution in [0.25, 0.3) is 0 Å². The number of nitrogens with zero attached hydrogens (tertiary/aromatic N) is 3. The normalized spacial score (nSPS) is 18.2. The number of nitrogens with one attached hydrogen (secondary N) is 1. The standard InChI is InChI=1S/C26H26ClFN4O3/c27-21-4-2-1-3-19(21)13-29-25(33)18-9-11-31(12-10-18)26(34)24-22-15-35-23(14-32(22)16-30-24)17-5-7-20(28)8-6-17/h1-8,16,18,23H,9-15H2,(H,29,33)/t23-/m1/s1. The Bertz CT molecular complexity index is 1220. The lowest BCUT2D eigenvalue weighted by Crippen LogP contribution is -2.43. The van der Waals surface area contributed by atoms with Crippen LogP contribution >= 0.6 is 11.6 Å². The van der Waals surface area contributed by atoms with Gasteiger partial charge in [0.1, 0.15) is 11.9 Å². The summed E-state index contributed by atoms with van der Waals surface area (Å²) in [5, 5.41) is 3.59. The molecule has 2 amide bonds. The molecule has 1 fully saturated rings. The zero-order valence-corrected chi connectivity index (χ0v) is 19.9. The Morgan fingerprint density at radius 1 is 1.11 bits per heavy atom. The third-order valence-electron chi connectivity index (χ3n) is 6.74. The monoisotopic (exact) mass is 496 g/mol. The highest BCUT2D eigenvalue weighted by Crippen LogP contribution is 2.29. The van der Waals surface area contributed by atoms with Gasteiger partial charge >= 0.3 is 0 Å². The van der Waals surface area contributed by atoms with Gasteiger partial charge in [-0.2, -0.15) is 0 Å². The van der Waals surface area contributed by atoms with E-state index in [1.54, 1.807) is 29.4 Å². The minimum absolute atomic E-state index is 0.0170. The summed E-state index contributed by atoms with van der Waals surface area (Å²) in [5.74, 6) is -0.589. The molecular weight excluding hydrogens is 471 g/mol.